The first-order valence-electron chi connectivity index (χ1n) is 8.81. The number of amides is 1. The highest BCUT2D eigenvalue weighted by atomic mass is 16.5. The molecule has 0 aromatic heterocycles. The van der Waals surface area contributed by atoms with E-state index in [1.165, 1.54) is 12.8 Å². The number of ether oxygens (including phenoxy) is 1. The molecule has 0 saturated carbocycles. The number of rotatable bonds is 8. The van der Waals surface area contributed by atoms with Gasteiger partial charge in [-0.3, -0.25) is 4.79 Å². The Morgan fingerprint density at radius 3 is 2.65 bits per heavy atom. The van der Waals surface area contributed by atoms with Gasteiger partial charge in [-0.2, -0.15) is 0 Å². The molecular weight excluding hydrogens is 290 g/mol. The lowest BCUT2D eigenvalue weighted by molar-refractivity contribution is -0.139. The molecule has 1 heterocycles. The molecule has 1 fully saturated rings. The summed E-state index contributed by atoms with van der Waals surface area (Å²) >= 11 is 0. The molecule has 0 bridgehead atoms. The summed E-state index contributed by atoms with van der Waals surface area (Å²) in [6.45, 7) is 12.7. The summed E-state index contributed by atoms with van der Waals surface area (Å²) < 4.78 is 5.00. The van der Waals surface area contributed by atoms with Crippen LogP contribution < -0.4 is 5.32 Å². The van der Waals surface area contributed by atoms with Gasteiger partial charge in [0.25, 0.3) is 0 Å². The van der Waals surface area contributed by atoms with Gasteiger partial charge >= 0.3 is 5.97 Å². The van der Waals surface area contributed by atoms with Crippen molar-refractivity contribution >= 4 is 11.9 Å². The van der Waals surface area contributed by atoms with Crippen molar-refractivity contribution in [1.82, 2.24) is 5.32 Å². The number of carbonyl (C=O) groups excluding carboxylic acids is 2. The summed E-state index contributed by atoms with van der Waals surface area (Å²) in [5.41, 5.74) is 0.565. The van der Waals surface area contributed by atoms with Gasteiger partial charge in [0.2, 0.25) is 5.91 Å². The third kappa shape index (κ3) is 10.7. The van der Waals surface area contributed by atoms with Crippen molar-refractivity contribution in [3.05, 3.63) is 24.8 Å². The zero-order valence-electron chi connectivity index (χ0n) is 14.9. The molecule has 0 aromatic carbocycles. The van der Waals surface area contributed by atoms with E-state index in [2.05, 4.69) is 25.4 Å². The summed E-state index contributed by atoms with van der Waals surface area (Å²) in [6, 6.07) is 0. The van der Waals surface area contributed by atoms with E-state index in [9.17, 15) is 9.59 Å². The Labute approximate surface area is 141 Å². The molecule has 0 aromatic rings. The number of unbranched alkanes of at least 4 members (excludes halogenated alkanes) is 3. The van der Waals surface area contributed by atoms with Gasteiger partial charge in [-0.25, -0.2) is 4.79 Å². The largest absolute Gasteiger partial charge is 0.462 e. The van der Waals surface area contributed by atoms with E-state index in [1.54, 1.807) is 6.08 Å². The van der Waals surface area contributed by atoms with E-state index in [1.807, 2.05) is 6.92 Å². The normalized spacial score (nSPS) is 17.1. The van der Waals surface area contributed by atoms with Crippen LogP contribution in [0.2, 0.25) is 0 Å². The summed E-state index contributed by atoms with van der Waals surface area (Å²) in [7, 11) is 0. The van der Waals surface area contributed by atoms with Gasteiger partial charge in [-0.15, -0.1) is 6.58 Å². The van der Waals surface area contributed by atoms with Crippen LogP contribution in [-0.4, -0.2) is 25.0 Å². The molecule has 1 unspecified atom stereocenters. The molecule has 1 amide bonds. The standard InChI is InChI=1S/C11H20O2.C8H13NO/c1-4-6-7-8-9-13-11(12)10(3)5-2;1-2-7-5-3-4-6-9-8(7)10/h3-9H2,1-2H3;2,7H,1,3-6H2,(H,9,10). The Morgan fingerprint density at radius 2 is 2.04 bits per heavy atom. The highest BCUT2D eigenvalue weighted by molar-refractivity contribution is 5.87. The van der Waals surface area contributed by atoms with Crippen LogP contribution in [0.5, 0.6) is 0 Å². The molecule has 1 atom stereocenters. The van der Waals surface area contributed by atoms with Gasteiger partial charge in [0.15, 0.2) is 0 Å². The van der Waals surface area contributed by atoms with E-state index in [4.69, 9.17) is 4.74 Å². The lowest BCUT2D eigenvalue weighted by Gasteiger charge is -2.05. The summed E-state index contributed by atoms with van der Waals surface area (Å²) in [5.74, 6) is -0.0333. The predicted octanol–water partition coefficient (Wildman–Crippen LogP) is 4.16. The Kier molecular flexibility index (Phi) is 13.1. The topological polar surface area (TPSA) is 55.4 Å². The smallest absolute Gasteiger partial charge is 0.333 e. The fraction of sp³-hybridized carbons (Fsp3) is 0.684. The second-order valence-electron chi connectivity index (χ2n) is 5.78. The number of hydrogen-bond donors (Lipinski definition) is 1. The van der Waals surface area contributed by atoms with Crippen molar-refractivity contribution in [3.8, 4) is 0 Å². The zero-order chi connectivity index (χ0) is 17.5. The van der Waals surface area contributed by atoms with Crippen LogP contribution in [-0.2, 0) is 14.3 Å². The molecule has 0 aliphatic carbocycles. The maximum atomic E-state index is 11.1. The molecule has 23 heavy (non-hydrogen) atoms. The van der Waals surface area contributed by atoms with E-state index in [0.717, 1.165) is 38.6 Å². The van der Waals surface area contributed by atoms with Gasteiger partial charge in [0, 0.05) is 12.1 Å². The fourth-order valence-electron chi connectivity index (χ4n) is 2.13. The average molecular weight is 323 g/mol. The Morgan fingerprint density at radius 1 is 1.30 bits per heavy atom. The zero-order valence-corrected chi connectivity index (χ0v) is 14.9. The molecule has 0 spiro atoms. The van der Waals surface area contributed by atoms with Crippen LogP contribution in [0, 0.1) is 5.92 Å². The van der Waals surface area contributed by atoms with Crippen molar-refractivity contribution < 1.29 is 14.3 Å². The van der Waals surface area contributed by atoms with Gasteiger partial charge in [0.05, 0.1) is 12.5 Å². The van der Waals surface area contributed by atoms with Crippen molar-refractivity contribution in [3.63, 3.8) is 0 Å². The molecule has 1 saturated heterocycles. The Balaban J connectivity index is 0.000000433. The molecule has 0 radical (unpaired) electrons. The second kappa shape index (κ2) is 14.0. The van der Waals surface area contributed by atoms with E-state index >= 15 is 0 Å². The van der Waals surface area contributed by atoms with Gasteiger partial charge in [-0.1, -0.05) is 52.2 Å². The van der Waals surface area contributed by atoms with Crippen molar-refractivity contribution in [1.29, 1.82) is 0 Å². The van der Waals surface area contributed by atoms with Crippen LogP contribution >= 0.6 is 0 Å². The van der Waals surface area contributed by atoms with Crippen molar-refractivity contribution in [2.45, 2.75) is 65.2 Å². The first-order valence-corrected chi connectivity index (χ1v) is 8.81. The Bertz CT molecular complexity index is 377. The van der Waals surface area contributed by atoms with E-state index in [0.29, 0.717) is 18.6 Å². The van der Waals surface area contributed by atoms with Gasteiger partial charge in [-0.05, 0) is 25.7 Å². The SMILES string of the molecule is C=C(CC)C(=O)OCCCCCC.C=CC1CCCCNC1=O. The predicted molar refractivity (Wildman–Crippen MR) is 95.1 cm³/mol. The average Bonchev–Trinajstić information content (AvgIpc) is 2.78. The van der Waals surface area contributed by atoms with Crippen molar-refractivity contribution in [2.24, 2.45) is 5.92 Å². The molecule has 132 valence electrons. The number of nitrogens with one attached hydrogen (secondary N) is 1. The van der Waals surface area contributed by atoms with Gasteiger partial charge < -0.3 is 10.1 Å². The minimum absolute atomic E-state index is 0.0579. The van der Waals surface area contributed by atoms with Crippen LogP contribution in [0.4, 0.5) is 0 Å². The second-order valence-corrected chi connectivity index (χ2v) is 5.78. The molecular formula is C19H33NO3. The number of carbonyl (C=O) groups is 2. The molecule has 4 heteroatoms. The lowest BCUT2D eigenvalue weighted by atomic mass is 10.0. The minimum Gasteiger partial charge on any atom is -0.462 e. The molecule has 1 aliphatic heterocycles. The Hall–Kier alpha value is -1.58. The number of esters is 1. The maximum Gasteiger partial charge on any atom is 0.333 e. The maximum absolute atomic E-state index is 11.1. The van der Waals surface area contributed by atoms with Crippen LogP contribution in [0.25, 0.3) is 0 Å². The molecule has 1 N–H and O–H groups in total. The van der Waals surface area contributed by atoms with Crippen LogP contribution in [0.15, 0.2) is 24.8 Å². The fourth-order valence-corrected chi connectivity index (χ4v) is 2.13. The first-order chi connectivity index (χ1) is 11.1. The quantitative estimate of drug-likeness (QED) is 0.316. The molecule has 1 aliphatic rings. The summed E-state index contributed by atoms with van der Waals surface area (Å²) in [6.07, 6.45) is 10.1. The van der Waals surface area contributed by atoms with Crippen LogP contribution in [0.1, 0.15) is 65.2 Å². The highest BCUT2D eigenvalue weighted by Gasteiger charge is 2.16. The third-order valence-electron chi connectivity index (χ3n) is 3.81. The summed E-state index contributed by atoms with van der Waals surface area (Å²) in [5, 5.41) is 2.84. The summed E-state index contributed by atoms with van der Waals surface area (Å²) in [4.78, 5) is 22.1. The van der Waals surface area contributed by atoms with Crippen molar-refractivity contribution in [2.75, 3.05) is 13.2 Å². The van der Waals surface area contributed by atoms with E-state index < -0.39 is 0 Å². The van der Waals surface area contributed by atoms with Gasteiger partial charge in [0.1, 0.15) is 0 Å². The minimum atomic E-state index is -0.237. The lowest BCUT2D eigenvalue weighted by Crippen LogP contribution is -2.27. The van der Waals surface area contributed by atoms with E-state index in [-0.39, 0.29) is 17.8 Å². The van der Waals surface area contributed by atoms with Crippen LogP contribution in [0.3, 0.4) is 0 Å². The monoisotopic (exact) mass is 323 g/mol. The first kappa shape index (κ1) is 21.4. The number of hydrogen-bond acceptors (Lipinski definition) is 3. The molecule has 4 nitrogen and oxygen atoms in total. The molecule has 1 rings (SSSR count). The third-order valence-corrected chi connectivity index (χ3v) is 3.81. The highest BCUT2D eigenvalue weighted by Crippen LogP contribution is 2.12.